The average Bonchev–Trinajstić information content (AvgIpc) is 2.41. The highest BCUT2D eigenvalue weighted by atomic mass is 35.5. The molecular formula is C13H20Cl2N2O3S. The molecule has 0 aromatic heterocycles. The van der Waals surface area contributed by atoms with E-state index in [1.165, 1.54) is 19.2 Å². The van der Waals surface area contributed by atoms with Crippen molar-refractivity contribution < 1.29 is 13.2 Å². The number of hydrogen-bond donors (Lipinski definition) is 2. The number of hydrogen-bond acceptors (Lipinski definition) is 4. The van der Waals surface area contributed by atoms with Crippen LogP contribution in [0.3, 0.4) is 0 Å². The molecule has 0 saturated carbocycles. The zero-order valence-electron chi connectivity index (χ0n) is 11.9. The molecule has 1 aliphatic rings. The fourth-order valence-corrected chi connectivity index (χ4v) is 4.15. The van der Waals surface area contributed by atoms with Gasteiger partial charge in [-0.3, -0.25) is 0 Å². The highest BCUT2D eigenvalue weighted by Crippen LogP contribution is 2.26. The minimum atomic E-state index is -3.66. The molecule has 2 atom stereocenters. The van der Waals surface area contributed by atoms with E-state index in [0.29, 0.717) is 5.75 Å². The summed E-state index contributed by atoms with van der Waals surface area (Å²) in [5.41, 5.74) is 0. The molecule has 5 nitrogen and oxygen atoms in total. The molecule has 0 spiro atoms. The topological polar surface area (TPSA) is 67.4 Å². The van der Waals surface area contributed by atoms with Crippen molar-refractivity contribution in [3.63, 3.8) is 0 Å². The van der Waals surface area contributed by atoms with E-state index in [4.69, 9.17) is 16.3 Å². The Bertz CT molecular complexity index is 581. The normalized spacial score (nSPS) is 22.4. The summed E-state index contributed by atoms with van der Waals surface area (Å²) in [5.74, 6) is 0.463. The second-order valence-corrected chi connectivity index (χ2v) is 7.00. The van der Waals surface area contributed by atoms with E-state index in [-0.39, 0.29) is 34.4 Å². The summed E-state index contributed by atoms with van der Waals surface area (Å²) < 4.78 is 32.7. The highest BCUT2D eigenvalue weighted by molar-refractivity contribution is 7.89. The van der Waals surface area contributed by atoms with Gasteiger partial charge in [-0.05, 0) is 38.4 Å². The third kappa shape index (κ3) is 4.47. The lowest BCUT2D eigenvalue weighted by Gasteiger charge is -2.30. The van der Waals surface area contributed by atoms with Crippen LogP contribution in [0.25, 0.3) is 0 Å². The van der Waals surface area contributed by atoms with E-state index >= 15 is 0 Å². The predicted molar refractivity (Wildman–Crippen MR) is 86.1 cm³/mol. The molecule has 1 aromatic carbocycles. The van der Waals surface area contributed by atoms with Crippen LogP contribution in [0.15, 0.2) is 23.1 Å². The van der Waals surface area contributed by atoms with Gasteiger partial charge < -0.3 is 10.1 Å². The molecule has 1 fully saturated rings. The lowest BCUT2D eigenvalue weighted by Crippen LogP contribution is -2.51. The summed E-state index contributed by atoms with van der Waals surface area (Å²) in [6, 6.07) is 4.56. The van der Waals surface area contributed by atoms with E-state index in [9.17, 15) is 8.42 Å². The molecule has 1 aliphatic heterocycles. The van der Waals surface area contributed by atoms with E-state index in [2.05, 4.69) is 10.0 Å². The molecule has 2 rings (SSSR count). The highest BCUT2D eigenvalue weighted by Gasteiger charge is 2.28. The number of sulfonamides is 1. The molecule has 2 unspecified atom stereocenters. The van der Waals surface area contributed by atoms with Gasteiger partial charge in [-0.1, -0.05) is 11.6 Å². The molecule has 0 amide bonds. The molecule has 8 heteroatoms. The van der Waals surface area contributed by atoms with Gasteiger partial charge in [0.25, 0.3) is 0 Å². The van der Waals surface area contributed by atoms with Crippen LogP contribution in [0.2, 0.25) is 5.02 Å². The average molecular weight is 355 g/mol. The van der Waals surface area contributed by atoms with E-state index in [1.807, 2.05) is 6.92 Å². The van der Waals surface area contributed by atoms with Crippen LogP contribution >= 0.6 is 24.0 Å². The quantitative estimate of drug-likeness (QED) is 0.869. The van der Waals surface area contributed by atoms with Crippen LogP contribution in [0.4, 0.5) is 0 Å². The summed E-state index contributed by atoms with van der Waals surface area (Å²) in [6.45, 7) is 2.89. The Hall–Kier alpha value is -0.530. The van der Waals surface area contributed by atoms with Crippen molar-refractivity contribution >= 4 is 34.0 Å². The van der Waals surface area contributed by atoms with Crippen molar-refractivity contribution in [3.05, 3.63) is 23.2 Å². The minimum Gasteiger partial charge on any atom is -0.497 e. The van der Waals surface area contributed by atoms with Crippen molar-refractivity contribution in [1.29, 1.82) is 0 Å². The van der Waals surface area contributed by atoms with Gasteiger partial charge in [0.05, 0.1) is 12.1 Å². The van der Waals surface area contributed by atoms with Crippen molar-refractivity contribution in [3.8, 4) is 5.75 Å². The van der Waals surface area contributed by atoms with E-state index in [1.54, 1.807) is 6.07 Å². The number of rotatable bonds is 4. The Morgan fingerprint density at radius 1 is 1.43 bits per heavy atom. The standard InChI is InChI=1S/C13H19ClN2O3S.ClH/c1-9-12(4-3-7-15-9)16-20(17,18)13-8-10(19-2)5-6-11(13)14;/h5-6,8-9,12,15-16H,3-4,7H2,1-2H3;1H. The van der Waals surface area contributed by atoms with Crippen molar-refractivity contribution in [2.75, 3.05) is 13.7 Å². The largest absolute Gasteiger partial charge is 0.497 e. The van der Waals surface area contributed by atoms with Gasteiger partial charge in [0.2, 0.25) is 10.0 Å². The Balaban J connectivity index is 0.00000220. The molecule has 0 bridgehead atoms. The number of nitrogens with one attached hydrogen (secondary N) is 2. The Kier molecular flexibility index (Phi) is 6.74. The maximum atomic E-state index is 12.5. The van der Waals surface area contributed by atoms with Gasteiger partial charge in [0.1, 0.15) is 10.6 Å². The van der Waals surface area contributed by atoms with Gasteiger partial charge in [-0.15, -0.1) is 12.4 Å². The first kappa shape index (κ1) is 18.5. The second kappa shape index (κ2) is 7.65. The second-order valence-electron chi connectivity index (χ2n) is 4.91. The summed E-state index contributed by atoms with van der Waals surface area (Å²) in [5, 5.41) is 3.45. The third-order valence-electron chi connectivity index (χ3n) is 3.50. The summed E-state index contributed by atoms with van der Waals surface area (Å²) in [4.78, 5) is 0.0521. The van der Waals surface area contributed by atoms with Crippen LogP contribution in [-0.4, -0.2) is 34.2 Å². The monoisotopic (exact) mass is 354 g/mol. The van der Waals surface area contributed by atoms with Gasteiger partial charge in [0.15, 0.2) is 0 Å². The number of benzene rings is 1. The molecule has 0 aliphatic carbocycles. The van der Waals surface area contributed by atoms with Crippen molar-refractivity contribution in [2.24, 2.45) is 0 Å². The Morgan fingerprint density at radius 2 is 2.14 bits per heavy atom. The fourth-order valence-electron chi connectivity index (χ4n) is 2.28. The number of halogens is 2. The minimum absolute atomic E-state index is 0. The van der Waals surface area contributed by atoms with Crippen LogP contribution in [-0.2, 0) is 10.0 Å². The molecule has 0 radical (unpaired) electrons. The molecule has 1 heterocycles. The Morgan fingerprint density at radius 3 is 2.76 bits per heavy atom. The maximum Gasteiger partial charge on any atom is 0.242 e. The summed E-state index contributed by atoms with van der Waals surface area (Å²) >= 11 is 6.00. The molecule has 1 aromatic rings. The van der Waals surface area contributed by atoms with Crippen LogP contribution in [0, 0.1) is 0 Å². The summed E-state index contributed by atoms with van der Waals surface area (Å²) in [7, 11) is -2.17. The van der Waals surface area contributed by atoms with E-state index in [0.717, 1.165) is 19.4 Å². The molecule has 2 N–H and O–H groups in total. The van der Waals surface area contributed by atoms with Crippen molar-refractivity contribution in [1.82, 2.24) is 10.0 Å². The number of piperidine rings is 1. The first-order chi connectivity index (χ1) is 9.44. The van der Waals surface area contributed by atoms with Gasteiger partial charge in [-0.2, -0.15) is 0 Å². The zero-order valence-corrected chi connectivity index (χ0v) is 14.3. The first-order valence-electron chi connectivity index (χ1n) is 6.53. The zero-order chi connectivity index (χ0) is 14.8. The van der Waals surface area contributed by atoms with Gasteiger partial charge in [-0.25, -0.2) is 13.1 Å². The fraction of sp³-hybridized carbons (Fsp3) is 0.538. The first-order valence-corrected chi connectivity index (χ1v) is 8.39. The maximum absolute atomic E-state index is 12.5. The third-order valence-corrected chi connectivity index (χ3v) is 5.47. The lowest BCUT2D eigenvalue weighted by molar-refractivity contribution is 0.348. The van der Waals surface area contributed by atoms with Crippen LogP contribution in [0.5, 0.6) is 5.75 Å². The predicted octanol–water partition coefficient (Wildman–Crippen LogP) is 2.19. The summed E-state index contributed by atoms with van der Waals surface area (Å²) in [6.07, 6.45) is 1.76. The molecule has 120 valence electrons. The lowest BCUT2D eigenvalue weighted by atomic mass is 10.0. The van der Waals surface area contributed by atoms with Gasteiger partial charge in [0, 0.05) is 18.2 Å². The van der Waals surface area contributed by atoms with Crippen molar-refractivity contribution in [2.45, 2.75) is 36.7 Å². The van der Waals surface area contributed by atoms with Crippen LogP contribution < -0.4 is 14.8 Å². The molecule has 21 heavy (non-hydrogen) atoms. The molecule has 1 saturated heterocycles. The number of ether oxygens (including phenoxy) is 1. The number of methoxy groups -OCH3 is 1. The van der Waals surface area contributed by atoms with E-state index < -0.39 is 10.0 Å². The smallest absolute Gasteiger partial charge is 0.242 e. The van der Waals surface area contributed by atoms with Gasteiger partial charge >= 0.3 is 0 Å². The Labute approximate surface area is 136 Å². The SMILES string of the molecule is COc1ccc(Cl)c(S(=O)(=O)NC2CCCNC2C)c1.Cl. The van der Waals surface area contributed by atoms with Crippen LogP contribution in [0.1, 0.15) is 19.8 Å². The molecular weight excluding hydrogens is 335 g/mol.